The Morgan fingerprint density at radius 2 is 1.94 bits per heavy atom. The van der Waals surface area contributed by atoms with Gasteiger partial charge in [0.15, 0.2) is 0 Å². The Morgan fingerprint density at radius 3 is 2.68 bits per heavy atom. The number of aromatic nitrogens is 3. The van der Waals surface area contributed by atoms with E-state index in [1.807, 2.05) is 34.1 Å². The van der Waals surface area contributed by atoms with E-state index in [1.165, 1.54) is 19.3 Å². The maximum atomic E-state index is 13.3. The van der Waals surface area contributed by atoms with Crippen molar-refractivity contribution in [3.8, 4) is 0 Å². The summed E-state index contributed by atoms with van der Waals surface area (Å²) in [5, 5.41) is 4.35. The highest BCUT2D eigenvalue weighted by atomic mass is 16.2. The number of amides is 1. The fourth-order valence-electron chi connectivity index (χ4n) is 5.78. The molecule has 5 rings (SSSR count). The average molecular weight is 424 g/mol. The number of hydrogen-bond acceptors (Lipinski definition) is 4. The summed E-state index contributed by atoms with van der Waals surface area (Å²) < 4.78 is 3.89. The maximum Gasteiger partial charge on any atom is 0.257 e. The summed E-state index contributed by atoms with van der Waals surface area (Å²) in [6, 6.07) is 4.19. The van der Waals surface area contributed by atoms with Crippen molar-refractivity contribution in [2.45, 2.75) is 65.1 Å². The van der Waals surface area contributed by atoms with Gasteiger partial charge in [-0.3, -0.25) is 19.2 Å². The van der Waals surface area contributed by atoms with Gasteiger partial charge in [0.25, 0.3) is 11.5 Å². The van der Waals surface area contributed by atoms with E-state index >= 15 is 0 Å². The number of hydrogen-bond donors (Lipinski definition) is 0. The number of rotatable bonds is 4. The lowest BCUT2D eigenvalue weighted by atomic mass is 9.82. The summed E-state index contributed by atoms with van der Waals surface area (Å²) in [5.41, 5.74) is 3.83. The quantitative estimate of drug-likeness (QED) is 0.758. The molecule has 0 N–H and O–H groups in total. The molecule has 7 heteroatoms. The summed E-state index contributed by atoms with van der Waals surface area (Å²) in [5.74, 6) is 0.638. The van der Waals surface area contributed by atoms with Crippen LogP contribution in [0.5, 0.6) is 0 Å². The summed E-state index contributed by atoms with van der Waals surface area (Å²) >= 11 is 0. The van der Waals surface area contributed by atoms with Gasteiger partial charge in [-0.05, 0) is 58.2 Å². The van der Waals surface area contributed by atoms with Crippen LogP contribution in [0.25, 0.3) is 0 Å². The number of fused-ring (bicyclic) bond motifs is 4. The third-order valence-electron chi connectivity index (χ3n) is 7.45. The minimum Gasteiger partial charge on any atom is -0.338 e. The van der Waals surface area contributed by atoms with Crippen LogP contribution < -0.4 is 5.56 Å². The van der Waals surface area contributed by atoms with Gasteiger partial charge >= 0.3 is 0 Å². The molecular formula is C24H33N5O2. The van der Waals surface area contributed by atoms with Crippen LogP contribution in [-0.2, 0) is 19.6 Å². The van der Waals surface area contributed by atoms with Crippen LogP contribution in [0, 0.1) is 12.8 Å². The average Bonchev–Trinajstić information content (AvgIpc) is 3.16. The molecule has 31 heavy (non-hydrogen) atoms. The number of piperidine rings is 2. The topological polar surface area (TPSA) is 63.4 Å². The number of aryl methyl sites for hydroxylation is 1. The lowest BCUT2D eigenvalue weighted by molar-refractivity contribution is 0.0593. The minimum atomic E-state index is 0.0735. The second-order valence-electron chi connectivity index (χ2n) is 9.50. The lowest BCUT2D eigenvalue weighted by Gasteiger charge is -2.43. The molecule has 0 radical (unpaired) electrons. The van der Waals surface area contributed by atoms with Crippen molar-refractivity contribution in [1.29, 1.82) is 0 Å². The van der Waals surface area contributed by atoms with E-state index in [4.69, 9.17) is 0 Å². The molecule has 5 heterocycles. The van der Waals surface area contributed by atoms with Crippen molar-refractivity contribution in [3.05, 3.63) is 51.2 Å². The molecule has 7 nitrogen and oxygen atoms in total. The number of pyridine rings is 1. The SMILES string of the molecule is CCn1ncc(C(=O)N2C[C@@H]3C[C@H](C2)c2ccc(CN4CCCCC4)c(=O)n2C3)c1C. The number of carbonyl (C=O) groups excluding carboxylic acids is 1. The van der Waals surface area contributed by atoms with E-state index in [-0.39, 0.29) is 17.4 Å². The molecule has 2 aromatic rings. The molecule has 0 saturated carbocycles. The molecule has 166 valence electrons. The van der Waals surface area contributed by atoms with Crippen LogP contribution in [0.2, 0.25) is 0 Å². The standard InChI is InChI=1S/C24H33N5O2/c1-3-29-17(2)21(12-25-29)24(31)27-13-18-11-20(16-27)22-8-7-19(23(30)28(22)14-18)15-26-9-5-4-6-10-26/h7-8,12,18,20H,3-6,9-11,13-16H2,1-2H3/t18-,20+/m0/s1. The highest BCUT2D eigenvalue weighted by Crippen LogP contribution is 2.36. The molecule has 0 unspecified atom stereocenters. The van der Waals surface area contributed by atoms with Gasteiger partial charge in [0, 0.05) is 55.6 Å². The lowest BCUT2D eigenvalue weighted by Crippen LogP contribution is -2.49. The highest BCUT2D eigenvalue weighted by molar-refractivity contribution is 5.95. The van der Waals surface area contributed by atoms with Crippen LogP contribution in [0.4, 0.5) is 0 Å². The van der Waals surface area contributed by atoms with Gasteiger partial charge in [-0.15, -0.1) is 0 Å². The highest BCUT2D eigenvalue weighted by Gasteiger charge is 2.37. The van der Waals surface area contributed by atoms with Gasteiger partial charge in [-0.25, -0.2) is 0 Å². The predicted octanol–water partition coefficient (Wildman–Crippen LogP) is 2.62. The fraction of sp³-hybridized carbons (Fsp3) is 0.625. The predicted molar refractivity (Wildman–Crippen MR) is 119 cm³/mol. The molecule has 1 amide bonds. The molecular weight excluding hydrogens is 390 g/mol. The van der Waals surface area contributed by atoms with Crippen LogP contribution >= 0.6 is 0 Å². The monoisotopic (exact) mass is 423 g/mol. The van der Waals surface area contributed by atoms with E-state index in [0.29, 0.717) is 24.6 Å². The zero-order chi connectivity index (χ0) is 21.5. The van der Waals surface area contributed by atoms with E-state index in [9.17, 15) is 9.59 Å². The van der Waals surface area contributed by atoms with E-state index in [0.717, 1.165) is 56.1 Å². The smallest absolute Gasteiger partial charge is 0.257 e. The second-order valence-corrected chi connectivity index (χ2v) is 9.50. The number of likely N-dealkylation sites (tertiary alicyclic amines) is 2. The van der Waals surface area contributed by atoms with Crippen LogP contribution in [-0.4, -0.2) is 56.2 Å². The van der Waals surface area contributed by atoms with Gasteiger partial charge in [-0.2, -0.15) is 5.10 Å². The molecule has 3 aliphatic heterocycles. The number of carbonyl (C=O) groups is 1. The molecule has 0 aromatic carbocycles. The van der Waals surface area contributed by atoms with Gasteiger partial charge < -0.3 is 9.47 Å². The van der Waals surface area contributed by atoms with Crippen LogP contribution in [0.3, 0.4) is 0 Å². The molecule has 2 aromatic heterocycles. The molecule has 3 aliphatic rings. The zero-order valence-electron chi connectivity index (χ0n) is 18.7. The summed E-state index contributed by atoms with van der Waals surface area (Å²) in [7, 11) is 0. The first-order valence-electron chi connectivity index (χ1n) is 11.8. The van der Waals surface area contributed by atoms with Crippen molar-refractivity contribution in [3.63, 3.8) is 0 Å². The Bertz CT molecular complexity index is 1030. The third kappa shape index (κ3) is 3.73. The first-order valence-corrected chi connectivity index (χ1v) is 11.8. The Labute approximate surface area is 183 Å². The summed E-state index contributed by atoms with van der Waals surface area (Å²) in [4.78, 5) is 30.9. The van der Waals surface area contributed by atoms with Crippen molar-refractivity contribution in [2.75, 3.05) is 26.2 Å². The molecule has 2 fully saturated rings. The minimum absolute atomic E-state index is 0.0735. The molecule has 2 saturated heterocycles. The van der Waals surface area contributed by atoms with E-state index in [2.05, 4.69) is 16.1 Å². The van der Waals surface area contributed by atoms with Crippen molar-refractivity contribution < 1.29 is 4.79 Å². The van der Waals surface area contributed by atoms with Gasteiger partial charge in [0.1, 0.15) is 0 Å². The Hall–Kier alpha value is -2.41. The van der Waals surface area contributed by atoms with Crippen LogP contribution in [0.15, 0.2) is 23.1 Å². The van der Waals surface area contributed by atoms with Crippen molar-refractivity contribution in [2.24, 2.45) is 5.92 Å². The Morgan fingerprint density at radius 1 is 1.13 bits per heavy atom. The van der Waals surface area contributed by atoms with E-state index < -0.39 is 0 Å². The van der Waals surface area contributed by atoms with Gasteiger partial charge in [0.2, 0.25) is 0 Å². The molecule has 2 atom stereocenters. The summed E-state index contributed by atoms with van der Waals surface area (Å²) in [6.45, 7) is 9.83. The normalized spacial score (nSPS) is 23.6. The Balaban J connectivity index is 1.36. The molecule has 2 bridgehead atoms. The number of nitrogens with zero attached hydrogens (tertiary/aromatic N) is 5. The molecule has 0 aliphatic carbocycles. The van der Waals surface area contributed by atoms with Crippen LogP contribution in [0.1, 0.15) is 65.8 Å². The van der Waals surface area contributed by atoms with Gasteiger partial charge in [-0.1, -0.05) is 12.5 Å². The first kappa shape index (κ1) is 20.5. The largest absolute Gasteiger partial charge is 0.338 e. The van der Waals surface area contributed by atoms with Gasteiger partial charge in [0.05, 0.1) is 11.8 Å². The summed E-state index contributed by atoms with van der Waals surface area (Å²) in [6.07, 6.45) is 6.53. The maximum absolute atomic E-state index is 13.3. The first-order chi connectivity index (χ1) is 15.0. The Kier molecular flexibility index (Phi) is 5.46. The molecule has 0 spiro atoms. The fourth-order valence-corrected chi connectivity index (χ4v) is 5.78. The zero-order valence-corrected chi connectivity index (χ0v) is 18.7. The van der Waals surface area contributed by atoms with Crippen molar-refractivity contribution in [1.82, 2.24) is 24.1 Å². The second kappa shape index (κ2) is 8.26. The van der Waals surface area contributed by atoms with E-state index in [1.54, 1.807) is 6.20 Å². The van der Waals surface area contributed by atoms with Crippen molar-refractivity contribution >= 4 is 5.91 Å². The third-order valence-corrected chi connectivity index (χ3v) is 7.45.